The lowest BCUT2D eigenvalue weighted by molar-refractivity contribution is -0.136. The molecule has 0 aliphatic carbocycles. The minimum atomic E-state index is -3.58. The highest BCUT2D eigenvalue weighted by Crippen LogP contribution is 2.47. The van der Waals surface area contributed by atoms with Crippen LogP contribution in [-0.2, 0) is 32.7 Å². The van der Waals surface area contributed by atoms with E-state index in [1.807, 2.05) is 23.1 Å². The van der Waals surface area contributed by atoms with E-state index in [9.17, 15) is 28.5 Å². The van der Waals surface area contributed by atoms with Gasteiger partial charge in [0.2, 0.25) is 23.7 Å². The Morgan fingerprint density at radius 3 is 2.39 bits per heavy atom. The van der Waals surface area contributed by atoms with E-state index in [1.54, 1.807) is 49.6 Å². The molecule has 19 nitrogen and oxygen atoms in total. The van der Waals surface area contributed by atoms with E-state index in [4.69, 9.17) is 30.1 Å². The summed E-state index contributed by atoms with van der Waals surface area (Å²) in [5.41, 5.74) is 2.71. The van der Waals surface area contributed by atoms with Crippen molar-refractivity contribution < 1.29 is 47.1 Å². The van der Waals surface area contributed by atoms with Gasteiger partial charge < -0.3 is 39.0 Å². The summed E-state index contributed by atoms with van der Waals surface area (Å²) in [6, 6.07) is 17.4. The fraction of sp³-hybridized carbons (Fsp3) is 0.426. The molecular formula is C47H55ClN9O10PS. The highest BCUT2D eigenvalue weighted by atomic mass is 35.5. The topological polar surface area (TPSA) is 214 Å². The summed E-state index contributed by atoms with van der Waals surface area (Å²) in [4.78, 5) is 81.0. The average Bonchev–Trinajstić information content (AvgIpc) is 3.63. The first-order valence-corrected chi connectivity index (χ1v) is 25.7. The summed E-state index contributed by atoms with van der Waals surface area (Å²) < 4.78 is 35.3. The number of hydrogen-bond acceptors (Lipinski definition) is 17. The second-order valence-corrected chi connectivity index (χ2v) is 20.5. The second-order valence-electron chi connectivity index (χ2n) is 16.7. The van der Waals surface area contributed by atoms with Crippen molar-refractivity contribution in [3.63, 3.8) is 0 Å². The first-order chi connectivity index (χ1) is 33.4. The lowest BCUT2D eigenvalue weighted by Crippen LogP contribution is -2.54. The average molecular weight is 1000 g/mol. The number of piperazine rings is 1. The number of ether oxygens (including phenoxy) is 2. The number of para-hydroxylation sites is 1. The van der Waals surface area contributed by atoms with Crippen molar-refractivity contribution in [1.82, 2.24) is 30.0 Å². The fourth-order valence-corrected chi connectivity index (χ4v) is 11.4. The molecule has 69 heavy (non-hydrogen) atoms. The number of methoxy groups -OCH3 is 1. The molecule has 0 saturated carbocycles. The molecular weight excluding hydrogens is 949 g/mol. The Kier molecular flexibility index (Phi) is 16.2. The van der Waals surface area contributed by atoms with Crippen LogP contribution in [0.2, 0.25) is 5.02 Å². The van der Waals surface area contributed by atoms with Crippen LogP contribution in [0.4, 0.5) is 28.8 Å². The number of rotatable bonds is 19. The highest BCUT2D eigenvalue weighted by molar-refractivity contribution is 7.99. The van der Waals surface area contributed by atoms with Crippen LogP contribution in [0.15, 0.2) is 71.8 Å². The minimum Gasteiger partial charge on any atom is -0.494 e. The van der Waals surface area contributed by atoms with Gasteiger partial charge in [0.25, 0.3) is 11.8 Å². The number of carbonyl (C=O) groups is 5. The van der Waals surface area contributed by atoms with Gasteiger partial charge in [-0.05, 0) is 62.1 Å². The Balaban J connectivity index is 0.741. The standard InChI is InChI=1S/C47H55ClN9O10PS/c1-64-37-28-31(12-13-34(37)51-47-49-29-33(48)43(53-47)50-35-9-4-5-10-38(35)68(63,65-2)66-3)54-19-16-30(17-20-54)55-21-23-56(24-22-55)41(59)18-26-67-25-7-27-69-39-11-6-8-32-42(39)46(62)57(45(32)61)36-14-15-40(58)52-44(36)60/h4-6,8-13,28-30,36H,7,14-27H2,1-3H3,(H,52,58,60)(H2,49,50,51,53). The maximum atomic E-state index is 13.4. The molecule has 5 amide bonds. The number of benzene rings is 3. The number of aromatic nitrogens is 2. The Labute approximate surface area is 409 Å². The summed E-state index contributed by atoms with van der Waals surface area (Å²) in [5.74, 6) is -0.215. The number of piperidine rings is 2. The summed E-state index contributed by atoms with van der Waals surface area (Å²) in [6.45, 7) is 5.51. The number of halogens is 1. The van der Waals surface area contributed by atoms with Crippen LogP contribution in [0, 0.1) is 0 Å². The summed E-state index contributed by atoms with van der Waals surface area (Å²) >= 11 is 7.93. The maximum absolute atomic E-state index is 13.4. The third kappa shape index (κ3) is 11.2. The van der Waals surface area contributed by atoms with E-state index in [1.165, 1.54) is 32.2 Å². The van der Waals surface area contributed by atoms with E-state index in [0.29, 0.717) is 78.3 Å². The molecule has 3 fully saturated rings. The minimum absolute atomic E-state index is 0.0654. The van der Waals surface area contributed by atoms with Crippen molar-refractivity contribution in [2.45, 2.75) is 55.5 Å². The lowest BCUT2D eigenvalue weighted by atomic mass is 10.0. The molecule has 22 heteroatoms. The monoisotopic (exact) mass is 1000 g/mol. The molecule has 4 aliphatic rings. The molecule has 4 aliphatic heterocycles. The number of thioether (sulfide) groups is 1. The number of imide groups is 2. The normalized spacial score (nSPS) is 18.1. The predicted octanol–water partition coefficient (Wildman–Crippen LogP) is 5.84. The zero-order valence-electron chi connectivity index (χ0n) is 38.6. The third-order valence-electron chi connectivity index (χ3n) is 12.7. The molecule has 4 aromatic rings. The molecule has 0 bridgehead atoms. The summed E-state index contributed by atoms with van der Waals surface area (Å²) in [5, 5.41) is 9.19. The molecule has 1 unspecified atom stereocenters. The number of nitrogens with zero attached hydrogens (tertiary/aromatic N) is 6. The van der Waals surface area contributed by atoms with Crippen molar-refractivity contribution in [2.24, 2.45) is 0 Å². The molecule has 5 heterocycles. The Morgan fingerprint density at radius 1 is 0.884 bits per heavy atom. The smallest absolute Gasteiger partial charge is 0.362 e. The van der Waals surface area contributed by atoms with E-state index in [-0.39, 0.29) is 46.7 Å². The predicted molar refractivity (Wildman–Crippen MR) is 262 cm³/mol. The molecule has 3 N–H and O–H groups in total. The molecule has 0 spiro atoms. The van der Waals surface area contributed by atoms with Gasteiger partial charge in [-0.2, -0.15) is 4.98 Å². The van der Waals surface area contributed by atoms with Gasteiger partial charge in [-0.1, -0.05) is 29.8 Å². The van der Waals surface area contributed by atoms with Gasteiger partial charge in [-0.25, -0.2) is 4.98 Å². The SMILES string of the molecule is COc1cc(N2CCC(N3CCN(C(=O)CCOCCCSc4cccc5c4C(=O)N(C4CCC(=O)NC4=O)C5=O)CC3)CC2)ccc1Nc1ncc(Cl)c(Nc2ccccc2P(=O)(OC)OC)n1. The van der Waals surface area contributed by atoms with Crippen LogP contribution >= 0.6 is 31.0 Å². The molecule has 3 aromatic carbocycles. The van der Waals surface area contributed by atoms with Gasteiger partial charge in [0.1, 0.15) is 16.8 Å². The van der Waals surface area contributed by atoms with Crippen LogP contribution in [0.5, 0.6) is 5.75 Å². The summed E-state index contributed by atoms with van der Waals surface area (Å²) in [7, 11) is 0.684. The highest BCUT2D eigenvalue weighted by Gasteiger charge is 2.45. The van der Waals surface area contributed by atoms with E-state index >= 15 is 0 Å². The van der Waals surface area contributed by atoms with E-state index < -0.39 is 37.3 Å². The number of hydrogen-bond donors (Lipinski definition) is 3. The van der Waals surface area contributed by atoms with Crippen LogP contribution in [0.25, 0.3) is 0 Å². The number of nitrogens with one attached hydrogen (secondary N) is 3. The molecule has 1 aromatic heterocycles. The number of fused-ring (bicyclic) bond motifs is 1. The van der Waals surface area contributed by atoms with Crippen LogP contribution in [0.1, 0.15) is 59.2 Å². The number of anilines is 5. The van der Waals surface area contributed by atoms with Gasteiger partial charge in [-0.15, -0.1) is 11.8 Å². The quantitative estimate of drug-likeness (QED) is 0.0436. The van der Waals surface area contributed by atoms with Crippen molar-refractivity contribution in [3.05, 3.63) is 83.0 Å². The summed E-state index contributed by atoms with van der Waals surface area (Å²) in [6.07, 6.45) is 4.60. The zero-order chi connectivity index (χ0) is 48.7. The number of amides is 5. The van der Waals surface area contributed by atoms with Crippen LogP contribution < -0.4 is 30.9 Å². The molecule has 0 radical (unpaired) electrons. The number of carbonyl (C=O) groups excluding carboxylic acids is 5. The Morgan fingerprint density at radius 2 is 1.65 bits per heavy atom. The molecule has 8 rings (SSSR count). The van der Waals surface area contributed by atoms with Gasteiger partial charge in [0, 0.05) is 95.0 Å². The van der Waals surface area contributed by atoms with Gasteiger partial charge in [0.05, 0.1) is 54.1 Å². The van der Waals surface area contributed by atoms with Crippen LogP contribution in [0.3, 0.4) is 0 Å². The van der Waals surface area contributed by atoms with Crippen molar-refractivity contribution in [2.75, 3.05) is 95.1 Å². The van der Waals surface area contributed by atoms with Crippen LogP contribution in [-0.4, -0.2) is 146 Å². The molecule has 366 valence electrons. The second kappa shape index (κ2) is 22.4. The van der Waals surface area contributed by atoms with Crippen molar-refractivity contribution in [1.29, 1.82) is 0 Å². The molecule has 1 atom stereocenters. The van der Waals surface area contributed by atoms with Gasteiger partial charge in [-0.3, -0.25) is 43.7 Å². The first kappa shape index (κ1) is 49.8. The third-order valence-corrected chi connectivity index (χ3v) is 16.1. The Hall–Kier alpha value is -5.60. The van der Waals surface area contributed by atoms with E-state index in [0.717, 1.165) is 49.6 Å². The van der Waals surface area contributed by atoms with Gasteiger partial charge in [0.15, 0.2) is 5.82 Å². The fourth-order valence-electron chi connectivity index (χ4n) is 9.02. The van der Waals surface area contributed by atoms with Gasteiger partial charge >= 0.3 is 7.60 Å². The first-order valence-electron chi connectivity index (χ1n) is 22.8. The van der Waals surface area contributed by atoms with E-state index in [2.05, 4.69) is 35.7 Å². The zero-order valence-corrected chi connectivity index (χ0v) is 41.1. The van der Waals surface area contributed by atoms with Crippen molar-refractivity contribution >= 4 is 94.6 Å². The Bertz CT molecular complexity index is 2620. The van der Waals surface area contributed by atoms with Crippen molar-refractivity contribution in [3.8, 4) is 5.75 Å². The molecule has 3 saturated heterocycles. The largest absolute Gasteiger partial charge is 0.494 e. The lowest BCUT2D eigenvalue weighted by Gasteiger charge is -2.43. The maximum Gasteiger partial charge on any atom is 0.362 e.